The first-order valence-corrected chi connectivity index (χ1v) is 10.1. The van der Waals surface area contributed by atoms with Crippen LogP contribution < -0.4 is 0 Å². The Labute approximate surface area is 160 Å². The molecule has 0 unspecified atom stereocenters. The van der Waals surface area contributed by atoms with Crippen LogP contribution in [0.2, 0.25) is 0 Å². The van der Waals surface area contributed by atoms with Crippen molar-refractivity contribution >= 4 is 29.0 Å². The molecule has 2 heterocycles. The molecular weight excluding hydrogens is 360 g/mol. The van der Waals surface area contributed by atoms with Crippen LogP contribution in [-0.2, 0) is 13.0 Å². The molecule has 5 heteroatoms. The molecular formula is C21H16N2OS2. The maximum absolute atomic E-state index is 13.1. The molecule has 0 atom stereocenters. The Hall–Kier alpha value is -2.55. The van der Waals surface area contributed by atoms with Crippen molar-refractivity contribution in [2.75, 3.05) is 6.54 Å². The van der Waals surface area contributed by atoms with Crippen molar-refractivity contribution in [3.05, 3.63) is 81.5 Å². The highest BCUT2D eigenvalue weighted by Crippen LogP contribution is 2.34. The van der Waals surface area contributed by atoms with E-state index >= 15 is 0 Å². The Morgan fingerprint density at radius 2 is 1.85 bits per heavy atom. The molecule has 2 aromatic carbocycles. The molecule has 4 rings (SSSR count). The van der Waals surface area contributed by atoms with Crippen molar-refractivity contribution in [1.29, 1.82) is 5.26 Å². The van der Waals surface area contributed by atoms with Crippen LogP contribution in [0.5, 0.6) is 0 Å². The van der Waals surface area contributed by atoms with Crippen LogP contribution in [0.25, 0.3) is 0 Å². The van der Waals surface area contributed by atoms with E-state index in [0.29, 0.717) is 17.7 Å². The third-order valence-electron chi connectivity index (χ3n) is 4.44. The number of carbonyl (C=O) groups excluding carboxylic acids is 1. The highest BCUT2D eigenvalue weighted by molar-refractivity contribution is 7.99. The number of nitriles is 1. The highest BCUT2D eigenvalue weighted by atomic mass is 32.2. The van der Waals surface area contributed by atoms with Crippen LogP contribution in [0, 0.1) is 11.3 Å². The maximum Gasteiger partial charge on any atom is 0.255 e. The van der Waals surface area contributed by atoms with E-state index in [1.807, 2.05) is 47.4 Å². The van der Waals surface area contributed by atoms with Crippen LogP contribution in [0.15, 0.2) is 69.8 Å². The van der Waals surface area contributed by atoms with Gasteiger partial charge in [0.05, 0.1) is 11.1 Å². The van der Waals surface area contributed by atoms with Gasteiger partial charge in [0.15, 0.2) is 0 Å². The SMILES string of the molecule is N#Cc1ccccc1Sc1ccccc1C(=O)N1CCc2sccc2C1. The van der Waals surface area contributed by atoms with Crippen molar-refractivity contribution in [3.8, 4) is 6.07 Å². The summed E-state index contributed by atoms with van der Waals surface area (Å²) in [6.45, 7) is 1.42. The number of rotatable bonds is 3. The molecule has 26 heavy (non-hydrogen) atoms. The first-order chi connectivity index (χ1) is 12.8. The fourth-order valence-electron chi connectivity index (χ4n) is 3.09. The molecule has 0 N–H and O–H groups in total. The van der Waals surface area contributed by atoms with Gasteiger partial charge < -0.3 is 4.90 Å². The van der Waals surface area contributed by atoms with Gasteiger partial charge in [-0.25, -0.2) is 0 Å². The summed E-state index contributed by atoms with van der Waals surface area (Å²) >= 11 is 3.25. The summed E-state index contributed by atoms with van der Waals surface area (Å²) in [6.07, 6.45) is 0.922. The zero-order chi connectivity index (χ0) is 17.9. The second kappa shape index (κ2) is 7.36. The smallest absolute Gasteiger partial charge is 0.255 e. The van der Waals surface area contributed by atoms with Crippen molar-refractivity contribution in [2.24, 2.45) is 0 Å². The summed E-state index contributed by atoms with van der Waals surface area (Å²) in [4.78, 5) is 18.2. The fourth-order valence-corrected chi connectivity index (χ4v) is 5.00. The minimum Gasteiger partial charge on any atom is -0.334 e. The molecule has 128 valence electrons. The van der Waals surface area contributed by atoms with E-state index in [0.717, 1.165) is 22.8 Å². The highest BCUT2D eigenvalue weighted by Gasteiger charge is 2.24. The third kappa shape index (κ3) is 3.26. The molecule has 3 aromatic rings. The molecule has 0 fully saturated rings. The van der Waals surface area contributed by atoms with Crippen LogP contribution >= 0.6 is 23.1 Å². The lowest BCUT2D eigenvalue weighted by Crippen LogP contribution is -2.35. The number of carbonyl (C=O) groups is 1. The van der Waals surface area contributed by atoms with E-state index in [1.165, 1.54) is 22.2 Å². The number of nitrogens with zero attached hydrogens (tertiary/aromatic N) is 2. The van der Waals surface area contributed by atoms with Gasteiger partial charge in [0.1, 0.15) is 6.07 Å². The molecule has 1 amide bonds. The van der Waals surface area contributed by atoms with Crippen molar-refractivity contribution in [1.82, 2.24) is 4.90 Å². The van der Waals surface area contributed by atoms with Gasteiger partial charge in [-0.05, 0) is 47.7 Å². The van der Waals surface area contributed by atoms with E-state index < -0.39 is 0 Å². The first-order valence-electron chi connectivity index (χ1n) is 8.37. The Bertz CT molecular complexity index is 1000. The summed E-state index contributed by atoms with van der Waals surface area (Å²) in [7, 11) is 0. The zero-order valence-corrected chi connectivity index (χ0v) is 15.6. The van der Waals surface area contributed by atoms with Crippen molar-refractivity contribution in [3.63, 3.8) is 0 Å². The normalized spacial score (nSPS) is 13.1. The summed E-state index contributed by atoms with van der Waals surface area (Å²) in [5.41, 5.74) is 2.58. The van der Waals surface area contributed by atoms with Gasteiger partial charge in [-0.1, -0.05) is 36.0 Å². The Morgan fingerprint density at radius 3 is 2.69 bits per heavy atom. The second-order valence-corrected chi connectivity index (χ2v) is 8.14. The monoisotopic (exact) mass is 376 g/mol. The van der Waals surface area contributed by atoms with Gasteiger partial charge in [-0.2, -0.15) is 5.26 Å². The lowest BCUT2D eigenvalue weighted by molar-refractivity contribution is 0.0732. The predicted octanol–water partition coefficient (Wildman–Crippen LogP) is 4.97. The maximum atomic E-state index is 13.1. The molecule has 0 bridgehead atoms. The van der Waals surface area contributed by atoms with Crippen molar-refractivity contribution in [2.45, 2.75) is 22.8 Å². The molecule has 0 saturated heterocycles. The summed E-state index contributed by atoms with van der Waals surface area (Å²) in [6, 6.07) is 19.5. The van der Waals surface area contributed by atoms with Crippen LogP contribution in [0.1, 0.15) is 26.4 Å². The largest absolute Gasteiger partial charge is 0.334 e. The third-order valence-corrected chi connectivity index (χ3v) is 6.61. The van der Waals surface area contributed by atoms with E-state index in [4.69, 9.17) is 0 Å². The van der Waals surface area contributed by atoms with Crippen LogP contribution in [0.4, 0.5) is 0 Å². The summed E-state index contributed by atoms with van der Waals surface area (Å²) in [5, 5.41) is 11.4. The number of benzene rings is 2. The van der Waals surface area contributed by atoms with Gasteiger partial charge in [0, 0.05) is 27.8 Å². The number of amides is 1. The van der Waals surface area contributed by atoms with E-state index in [9.17, 15) is 10.1 Å². The molecule has 3 nitrogen and oxygen atoms in total. The lowest BCUT2D eigenvalue weighted by atomic mass is 10.1. The van der Waals surface area contributed by atoms with Gasteiger partial charge in [0.25, 0.3) is 5.91 Å². The lowest BCUT2D eigenvalue weighted by Gasteiger charge is -2.27. The molecule has 1 aliphatic heterocycles. The van der Waals surface area contributed by atoms with Crippen LogP contribution in [0.3, 0.4) is 0 Å². The molecule has 0 aliphatic carbocycles. The molecule has 0 spiro atoms. The fraction of sp³-hybridized carbons (Fsp3) is 0.143. The van der Waals surface area contributed by atoms with Gasteiger partial charge in [-0.15, -0.1) is 11.3 Å². The average Bonchev–Trinajstić information content (AvgIpc) is 3.16. The standard InChI is InChI=1S/C21H16N2OS2/c22-13-15-5-1-3-7-19(15)26-20-8-4-2-6-17(20)21(24)23-11-9-18-16(14-23)10-12-25-18/h1-8,10,12H,9,11,14H2. The second-order valence-electron chi connectivity index (χ2n) is 6.05. The summed E-state index contributed by atoms with van der Waals surface area (Å²) < 4.78 is 0. The number of hydrogen-bond acceptors (Lipinski definition) is 4. The average molecular weight is 377 g/mol. The number of fused-ring (bicyclic) bond motifs is 1. The predicted molar refractivity (Wildman–Crippen MR) is 104 cm³/mol. The summed E-state index contributed by atoms with van der Waals surface area (Å²) in [5.74, 6) is 0.0550. The quantitative estimate of drug-likeness (QED) is 0.648. The molecule has 1 aliphatic rings. The van der Waals surface area contributed by atoms with E-state index in [-0.39, 0.29) is 5.91 Å². The molecule has 1 aromatic heterocycles. The molecule has 0 radical (unpaired) electrons. The van der Waals surface area contributed by atoms with Gasteiger partial charge in [-0.3, -0.25) is 4.79 Å². The van der Waals surface area contributed by atoms with Crippen LogP contribution in [-0.4, -0.2) is 17.4 Å². The zero-order valence-electron chi connectivity index (χ0n) is 14.0. The van der Waals surface area contributed by atoms with Gasteiger partial charge in [0.2, 0.25) is 0 Å². The van der Waals surface area contributed by atoms with Gasteiger partial charge >= 0.3 is 0 Å². The Morgan fingerprint density at radius 1 is 1.08 bits per heavy atom. The Balaban J connectivity index is 1.62. The number of hydrogen-bond donors (Lipinski definition) is 0. The topological polar surface area (TPSA) is 44.1 Å². The van der Waals surface area contributed by atoms with E-state index in [2.05, 4.69) is 17.5 Å². The first kappa shape index (κ1) is 16.9. The number of thiophene rings is 1. The minimum atomic E-state index is 0.0550. The Kier molecular flexibility index (Phi) is 4.79. The van der Waals surface area contributed by atoms with Crippen molar-refractivity contribution < 1.29 is 4.79 Å². The molecule has 0 saturated carbocycles. The minimum absolute atomic E-state index is 0.0550. The van der Waals surface area contributed by atoms with E-state index in [1.54, 1.807) is 17.4 Å².